The molecule has 0 amide bonds. The summed E-state index contributed by atoms with van der Waals surface area (Å²) in [6.45, 7) is 10.1. The lowest BCUT2D eigenvalue weighted by molar-refractivity contribution is -0.0112. The molecule has 0 aliphatic rings. The van der Waals surface area contributed by atoms with Crippen LogP contribution in [0.3, 0.4) is 0 Å². The van der Waals surface area contributed by atoms with Crippen molar-refractivity contribution in [1.82, 2.24) is 0 Å². The van der Waals surface area contributed by atoms with Gasteiger partial charge in [0.25, 0.3) is 0 Å². The minimum Gasteiger partial charge on any atom is -0.396 e. The van der Waals surface area contributed by atoms with Crippen molar-refractivity contribution in [2.75, 3.05) is 19.8 Å². The molecule has 0 fully saturated rings. The molecule has 0 aliphatic carbocycles. The first kappa shape index (κ1) is 14.1. The largest absolute Gasteiger partial charge is 0.396 e. The summed E-state index contributed by atoms with van der Waals surface area (Å²) in [6, 6.07) is 0. The average molecular weight is 212 g/mol. The van der Waals surface area contributed by atoms with Crippen molar-refractivity contribution in [2.45, 2.75) is 6.42 Å². The summed E-state index contributed by atoms with van der Waals surface area (Å²) >= 11 is 0. The zero-order valence-electron chi connectivity index (χ0n) is 9.02. The predicted octanol–water partition coefficient (Wildman–Crippen LogP) is 0.884. The standard InChI is InChI=1S/C12H20O3/c1-4-11(5-2,6-3)7-12(8-13,9-14)10-15/h4-6,13-15H,1-3,7-10H2. The Morgan fingerprint density at radius 3 is 1.33 bits per heavy atom. The molecular formula is C12H20O3. The van der Waals surface area contributed by atoms with Gasteiger partial charge in [0.2, 0.25) is 0 Å². The van der Waals surface area contributed by atoms with Crippen LogP contribution >= 0.6 is 0 Å². The van der Waals surface area contributed by atoms with Gasteiger partial charge in [-0.25, -0.2) is 0 Å². The minimum absolute atomic E-state index is 0.294. The third-order valence-electron chi connectivity index (χ3n) is 2.83. The Balaban J connectivity index is 4.98. The molecule has 0 saturated carbocycles. The third kappa shape index (κ3) is 3.02. The summed E-state index contributed by atoms with van der Waals surface area (Å²) < 4.78 is 0. The van der Waals surface area contributed by atoms with Crippen LogP contribution in [-0.2, 0) is 0 Å². The Morgan fingerprint density at radius 1 is 0.800 bits per heavy atom. The van der Waals surface area contributed by atoms with E-state index in [4.69, 9.17) is 0 Å². The Hall–Kier alpha value is -0.900. The number of aliphatic hydroxyl groups excluding tert-OH is 3. The van der Waals surface area contributed by atoms with Crippen LogP contribution < -0.4 is 0 Å². The molecule has 0 aromatic heterocycles. The highest BCUT2D eigenvalue weighted by Crippen LogP contribution is 2.36. The zero-order chi connectivity index (χ0) is 11.9. The van der Waals surface area contributed by atoms with Crippen molar-refractivity contribution in [1.29, 1.82) is 0 Å². The van der Waals surface area contributed by atoms with E-state index in [0.29, 0.717) is 6.42 Å². The minimum atomic E-state index is -0.934. The molecule has 3 N–H and O–H groups in total. The van der Waals surface area contributed by atoms with E-state index in [9.17, 15) is 15.3 Å². The van der Waals surface area contributed by atoms with Gasteiger partial charge in [-0.3, -0.25) is 0 Å². The maximum atomic E-state index is 9.20. The quantitative estimate of drug-likeness (QED) is 0.523. The van der Waals surface area contributed by atoms with Gasteiger partial charge in [0.1, 0.15) is 0 Å². The highest BCUT2D eigenvalue weighted by Gasteiger charge is 2.35. The fraction of sp³-hybridized carbons (Fsp3) is 0.500. The van der Waals surface area contributed by atoms with Gasteiger partial charge in [0.05, 0.1) is 19.8 Å². The maximum Gasteiger partial charge on any atom is 0.0532 e. The second kappa shape index (κ2) is 5.85. The molecule has 0 aliphatic heterocycles. The van der Waals surface area contributed by atoms with Crippen LogP contribution in [0.4, 0.5) is 0 Å². The lowest BCUT2D eigenvalue weighted by Gasteiger charge is -2.35. The molecule has 3 nitrogen and oxygen atoms in total. The van der Waals surface area contributed by atoms with E-state index in [1.54, 1.807) is 18.2 Å². The van der Waals surface area contributed by atoms with Crippen LogP contribution in [0.1, 0.15) is 6.42 Å². The molecule has 86 valence electrons. The van der Waals surface area contributed by atoms with Gasteiger partial charge in [-0.1, -0.05) is 18.2 Å². The molecule has 0 aromatic rings. The summed E-state index contributed by atoms with van der Waals surface area (Å²) in [5.74, 6) is 0. The molecule has 0 spiro atoms. The zero-order valence-corrected chi connectivity index (χ0v) is 9.02. The molecule has 0 unspecified atom stereocenters. The van der Waals surface area contributed by atoms with Crippen molar-refractivity contribution in [2.24, 2.45) is 10.8 Å². The van der Waals surface area contributed by atoms with E-state index in [1.807, 2.05) is 0 Å². The van der Waals surface area contributed by atoms with E-state index in [-0.39, 0.29) is 19.8 Å². The fourth-order valence-electron chi connectivity index (χ4n) is 1.43. The van der Waals surface area contributed by atoms with Crippen LogP contribution in [0.25, 0.3) is 0 Å². The molecular weight excluding hydrogens is 192 g/mol. The summed E-state index contributed by atoms with van der Waals surface area (Å²) in [7, 11) is 0. The number of allylic oxidation sites excluding steroid dienone is 3. The molecule has 0 radical (unpaired) electrons. The summed E-state index contributed by atoms with van der Waals surface area (Å²) in [5, 5.41) is 27.6. The molecule has 0 heterocycles. The van der Waals surface area contributed by atoms with Crippen molar-refractivity contribution in [3.63, 3.8) is 0 Å². The third-order valence-corrected chi connectivity index (χ3v) is 2.83. The number of hydrogen-bond acceptors (Lipinski definition) is 3. The van der Waals surface area contributed by atoms with Gasteiger partial charge in [-0.2, -0.15) is 0 Å². The topological polar surface area (TPSA) is 60.7 Å². The van der Waals surface area contributed by atoms with Gasteiger partial charge in [0.15, 0.2) is 0 Å². The first-order valence-electron chi connectivity index (χ1n) is 4.81. The highest BCUT2D eigenvalue weighted by atomic mass is 16.3. The van der Waals surface area contributed by atoms with E-state index in [0.717, 1.165) is 0 Å². The molecule has 0 aromatic carbocycles. The average Bonchev–Trinajstić information content (AvgIpc) is 2.33. The predicted molar refractivity (Wildman–Crippen MR) is 61.3 cm³/mol. The van der Waals surface area contributed by atoms with E-state index < -0.39 is 10.8 Å². The van der Waals surface area contributed by atoms with Gasteiger partial charge < -0.3 is 15.3 Å². The lowest BCUT2D eigenvalue weighted by atomic mass is 9.72. The van der Waals surface area contributed by atoms with Crippen LogP contribution in [-0.4, -0.2) is 35.1 Å². The summed E-state index contributed by atoms with van der Waals surface area (Å²) in [5.41, 5.74) is -1.51. The van der Waals surface area contributed by atoms with Crippen molar-refractivity contribution < 1.29 is 15.3 Å². The number of hydrogen-bond donors (Lipinski definition) is 3. The fourth-order valence-corrected chi connectivity index (χ4v) is 1.43. The molecule has 0 bridgehead atoms. The van der Waals surface area contributed by atoms with Gasteiger partial charge in [-0.05, 0) is 6.42 Å². The van der Waals surface area contributed by atoms with Crippen molar-refractivity contribution in [3.05, 3.63) is 38.0 Å². The number of rotatable bonds is 8. The van der Waals surface area contributed by atoms with Crippen molar-refractivity contribution >= 4 is 0 Å². The first-order valence-corrected chi connectivity index (χ1v) is 4.81. The van der Waals surface area contributed by atoms with Crippen molar-refractivity contribution in [3.8, 4) is 0 Å². The molecule has 0 rings (SSSR count). The molecule has 15 heavy (non-hydrogen) atoms. The van der Waals surface area contributed by atoms with Gasteiger partial charge in [0, 0.05) is 10.8 Å². The Kier molecular flexibility index (Phi) is 5.50. The summed E-state index contributed by atoms with van der Waals surface area (Å²) in [6.07, 6.45) is 5.26. The lowest BCUT2D eigenvalue weighted by Crippen LogP contribution is -2.38. The molecule has 0 saturated heterocycles. The monoisotopic (exact) mass is 212 g/mol. The van der Waals surface area contributed by atoms with Crippen LogP contribution in [0.2, 0.25) is 0 Å². The second-order valence-corrected chi connectivity index (χ2v) is 3.88. The van der Waals surface area contributed by atoms with E-state index in [2.05, 4.69) is 19.7 Å². The Morgan fingerprint density at radius 2 is 1.13 bits per heavy atom. The van der Waals surface area contributed by atoms with Crippen LogP contribution in [0.15, 0.2) is 38.0 Å². The van der Waals surface area contributed by atoms with E-state index in [1.165, 1.54) is 0 Å². The Bertz CT molecular complexity index is 199. The number of aliphatic hydroxyl groups is 3. The smallest absolute Gasteiger partial charge is 0.0532 e. The molecule has 3 heteroatoms. The molecule has 0 atom stereocenters. The maximum absolute atomic E-state index is 9.20. The van der Waals surface area contributed by atoms with Crippen LogP contribution in [0.5, 0.6) is 0 Å². The van der Waals surface area contributed by atoms with Gasteiger partial charge in [-0.15, -0.1) is 19.7 Å². The highest BCUT2D eigenvalue weighted by molar-refractivity contribution is 5.17. The SMILES string of the molecule is C=CC(C=C)(C=C)CC(CO)(CO)CO. The van der Waals surface area contributed by atoms with Gasteiger partial charge >= 0.3 is 0 Å². The Labute approximate surface area is 91.1 Å². The first-order chi connectivity index (χ1) is 7.07. The van der Waals surface area contributed by atoms with Crippen LogP contribution in [0, 0.1) is 10.8 Å². The summed E-state index contributed by atoms with van der Waals surface area (Å²) in [4.78, 5) is 0. The normalized spacial score (nSPS) is 12.2. The second-order valence-electron chi connectivity index (χ2n) is 3.88. The van der Waals surface area contributed by atoms with E-state index >= 15 is 0 Å².